The highest BCUT2D eigenvalue weighted by Crippen LogP contribution is 3.02. The number of rotatable bonds is 5. The topological polar surface area (TPSA) is 94.1 Å². The van der Waals surface area contributed by atoms with E-state index >= 15 is 0 Å². The number of hydrogen-bond acceptors (Lipinski definition) is 5. The van der Waals surface area contributed by atoms with Crippen molar-refractivity contribution in [3.8, 4) is 11.4 Å². The van der Waals surface area contributed by atoms with Crippen LogP contribution in [0.25, 0.3) is 17.6 Å². The van der Waals surface area contributed by atoms with Gasteiger partial charge in [-0.1, -0.05) is 19.4 Å². The highest BCUT2D eigenvalue weighted by atomic mass is 32.5. The average Bonchev–Trinajstić information content (AvgIpc) is 3.39. The summed E-state index contributed by atoms with van der Waals surface area (Å²) in [4.78, 5) is 24.3. The van der Waals surface area contributed by atoms with E-state index < -0.39 is 56.1 Å². The molecule has 0 aliphatic heterocycles. The molecule has 2 aromatic rings. The van der Waals surface area contributed by atoms with Gasteiger partial charge in [0.15, 0.2) is 5.82 Å². The highest BCUT2D eigenvalue weighted by Gasteiger charge is 2.66. The lowest BCUT2D eigenvalue weighted by Gasteiger charge is -2.40. The molecule has 2 N–H and O–H groups in total. The van der Waals surface area contributed by atoms with Crippen LogP contribution in [0.3, 0.4) is 0 Å². The monoisotopic (exact) mass is 491 g/mol. The maximum atomic E-state index is 13.1. The Morgan fingerprint density at radius 1 is 1.12 bits per heavy atom. The molecule has 0 atom stereocenters. The summed E-state index contributed by atoms with van der Waals surface area (Å²) in [5, 5.41) is 3.90. The summed E-state index contributed by atoms with van der Waals surface area (Å²) in [6.45, 7) is 0. The van der Waals surface area contributed by atoms with Gasteiger partial charge in [-0.15, -0.1) is 5.10 Å². The first kappa shape index (κ1) is 23.6. The standard InChI is InChI=1S/C16H13F8N5O2S/c17-16(18,19)11-5-10(6-12(7-11)32(20,21,22,23)24)14-26-8-28(27-14)4-3-13(30)29(25)15(31)9-1-2-9/h3-9H,1-2,25H2/b4-3-. The third kappa shape index (κ3) is 5.42. The van der Waals surface area contributed by atoms with Crippen molar-refractivity contribution in [2.24, 2.45) is 11.8 Å². The fourth-order valence-electron chi connectivity index (χ4n) is 2.45. The van der Waals surface area contributed by atoms with Crippen LogP contribution in [-0.4, -0.2) is 31.6 Å². The van der Waals surface area contributed by atoms with Crippen molar-refractivity contribution in [3.63, 3.8) is 0 Å². The zero-order valence-electron chi connectivity index (χ0n) is 15.6. The van der Waals surface area contributed by atoms with Gasteiger partial charge in [0.2, 0.25) is 5.91 Å². The van der Waals surface area contributed by atoms with E-state index in [-0.39, 0.29) is 18.1 Å². The second kappa shape index (κ2) is 6.74. The van der Waals surface area contributed by atoms with E-state index in [1.54, 1.807) is 0 Å². The zero-order valence-corrected chi connectivity index (χ0v) is 16.4. The van der Waals surface area contributed by atoms with Crippen LogP contribution in [0.1, 0.15) is 18.4 Å². The Morgan fingerprint density at radius 3 is 2.28 bits per heavy atom. The molecule has 3 rings (SSSR count). The minimum Gasteiger partial charge on any atom is -0.273 e. The molecule has 1 saturated carbocycles. The highest BCUT2D eigenvalue weighted by molar-refractivity contribution is 8.45. The number of alkyl halides is 3. The maximum absolute atomic E-state index is 13.1. The first-order valence-corrected chi connectivity index (χ1v) is 10.5. The van der Waals surface area contributed by atoms with Crippen LogP contribution in [0.15, 0.2) is 35.5 Å². The van der Waals surface area contributed by atoms with Crippen LogP contribution < -0.4 is 5.84 Å². The van der Waals surface area contributed by atoms with Gasteiger partial charge in [-0.3, -0.25) is 9.59 Å². The maximum Gasteiger partial charge on any atom is 0.416 e. The molecule has 0 unspecified atom stereocenters. The van der Waals surface area contributed by atoms with Crippen LogP contribution in [0.5, 0.6) is 0 Å². The Labute approximate surface area is 174 Å². The van der Waals surface area contributed by atoms with E-state index in [9.17, 15) is 42.2 Å². The number of aromatic nitrogens is 3. The van der Waals surface area contributed by atoms with Crippen molar-refractivity contribution >= 4 is 28.2 Å². The van der Waals surface area contributed by atoms with Crippen molar-refractivity contribution in [1.82, 2.24) is 19.8 Å². The summed E-state index contributed by atoms with van der Waals surface area (Å²) in [5.74, 6) is 2.65. The van der Waals surface area contributed by atoms with Gasteiger partial charge in [0.1, 0.15) is 11.2 Å². The van der Waals surface area contributed by atoms with Gasteiger partial charge in [-0.05, 0) is 31.0 Å². The molecule has 1 aromatic carbocycles. The van der Waals surface area contributed by atoms with Crippen LogP contribution in [0, 0.1) is 5.92 Å². The number of benzene rings is 1. The fraction of sp³-hybridized carbons (Fsp3) is 0.250. The van der Waals surface area contributed by atoms with Gasteiger partial charge < -0.3 is 0 Å². The van der Waals surface area contributed by atoms with Crippen molar-refractivity contribution in [1.29, 1.82) is 0 Å². The molecule has 176 valence electrons. The number of carbonyl (C=O) groups excluding carboxylic acids is 2. The van der Waals surface area contributed by atoms with Gasteiger partial charge in [0.25, 0.3) is 5.91 Å². The predicted molar refractivity (Wildman–Crippen MR) is 96.0 cm³/mol. The van der Waals surface area contributed by atoms with Gasteiger partial charge in [-0.25, -0.2) is 20.5 Å². The number of hydrazine groups is 1. The Balaban J connectivity index is 1.92. The molecule has 1 fully saturated rings. The first-order chi connectivity index (χ1) is 14.3. The summed E-state index contributed by atoms with van der Waals surface area (Å²) in [6, 6.07) is -0.702. The number of carbonyl (C=O) groups is 2. The summed E-state index contributed by atoms with van der Waals surface area (Å²) < 4.78 is 105. The molecule has 7 nitrogen and oxygen atoms in total. The summed E-state index contributed by atoms with van der Waals surface area (Å²) in [5.41, 5.74) is -2.96. The first-order valence-electron chi connectivity index (χ1n) is 8.54. The molecule has 0 radical (unpaired) electrons. The summed E-state index contributed by atoms with van der Waals surface area (Å²) >= 11 is 0. The van der Waals surface area contributed by atoms with Crippen molar-refractivity contribution in [2.45, 2.75) is 23.9 Å². The van der Waals surface area contributed by atoms with E-state index in [2.05, 4.69) is 10.1 Å². The van der Waals surface area contributed by atoms with E-state index in [1.165, 1.54) is 0 Å². The second-order valence-electron chi connectivity index (χ2n) is 6.90. The van der Waals surface area contributed by atoms with Crippen LogP contribution >= 0.6 is 10.2 Å². The van der Waals surface area contributed by atoms with Crippen LogP contribution in [0.4, 0.5) is 32.6 Å². The number of halogens is 8. The van der Waals surface area contributed by atoms with E-state index in [0.717, 1.165) is 18.6 Å². The molecule has 2 amide bonds. The number of nitrogens with two attached hydrogens (primary N) is 1. The number of imide groups is 1. The van der Waals surface area contributed by atoms with Gasteiger partial charge in [0, 0.05) is 23.8 Å². The van der Waals surface area contributed by atoms with Gasteiger partial charge in [0.05, 0.1) is 5.56 Å². The predicted octanol–water partition coefficient (Wildman–Crippen LogP) is 4.73. The summed E-state index contributed by atoms with van der Waals surface area (Å²) in [6.07, 6.45) is -1.78. The van der Waals surface area contributed by atoms with Gasteiger partial charge in [-0.2, -0.15) is 13.2 Å². The average molecular weight is 491 g/mol. The molecule has 32 heavy (non-hydrogen) atoms. The normalized spacial score (nSPS) is 17.2. The Morgan fingerprint density at radius 2 is 1.75 bits per heavy atom. The van der Waals surface area contributed by atoms with E-state index in [4.69, 9.17) is 5.84 Å². The molecular weight excluding hydrogens is 478 g/mol. The quantitative estimate of drug-likeness (QED) is 0.215. The lowest BCUT2D eigenvalue weighted by atomic mass is 10.1. The van der Waals surface area contributed by atoms with E-state index in [1.807, 2.05) is 0 Å². The lowest BCUT2D eigenvalue weighted by Crippen LogP contribution is -2.42. The number of hydrogen-bond donors (Lipinski definition) is 1. The SMILES string of the molecule is NN(C(=O)/C=C\n1cnc(-c2cc(C(F)(F)F)cc(S(F)(F)(F)(F)F)c2)n1)C(=O)C1CC1. The molecule has 1 heterocycles. The molecule has 16 heteroatoms. The Bertz CT molecular complexity index is 1120. The molecule has 1 aliphatic rings. The third-order valence-corrected chi connectivity index (χ3v) is 5.34. The second-order valence-corrected chi connectivity index (χ2v) is 9.31. The van der Waals surface area contributed by atoms with Crippen molar-refractivity contribution < 1.29 is 42.2 Å². The lowest BCUT2D eigenvalue weighted by molar-refractivity contribution is -0.143. The Hall–Kier alpha value is -3.01. The van der Waals surface area contributed by atoms with Crippen LogP contribution in [-0.2, 0) is 15.8 Å². The summed E-state index contributed by atoms with van der Waals surface area (Å²) in [7, 11) is -10.5. The number of nitrogens with zero attached hydrogens (tertiary/aromatic N) is 4. The number of amides is 2. The Kier molecular flexibility index (Phi) is 4.98. The minimum atomic E-state index is -10.5. The molecule has 0 bridgehead atoms. The molecule has 1 aliphatic carbocycles. The molecule has 0 spiro atoms. The zero-order chi connectivity index (χ0) is 24.2. The van der Waals surface area contributed by atoms with Crippen molar-refractivity contribution in [3.05, 3.63) is 36.2 Å². The van der Waals surface area contributed by atoms with Gasteiger partial charge >= 0.3 is 16.4 Å². The van der Waals surface area contributed by atoms with Crippen molar-refractivity contribution in [2.75, 3.05) is 0 Å². The van der Waals surface area contributed by atoms with Crippen LogP contribution in [0.2, 0.25) is 0 Å². The molecule has 0 saturated heterocycles. The van der Waals surface area contributed by atoms with E-state index in [0.29, 0.717) is 22.5 Å². The minimum absolute atomic E-state index is 0.178. The molecule has 1 aromatic heterocycles. The largest absolute Gasteiger partial charge is 0.416 e. The molecular formula is C16H13F8N5O2S. The third-order valence-electron chi connectivity index (χ3n) is 4.22. The smallest absolute Gasteiger partial charge is 0.273 e. The fourth-order valence-corrected chi connectivity index (χ4v) is 3.15.